The molecule has 7 nitrogen and oxygen atoms in total. The van der Waals surface area contributed by atoms with Crippen molar-refractivity contribution in [2.45, 2.75) is 33.1 Å². The van der Waals surface area contributed by atoms with Gasteiger partial charge in [-0.05, 0) is 36.9 Å². The number of hydrogen-bond donors (Lipinski definition) is 2. The van der Waals surface area contributed by atoms with Gasteiger partial charge >= 0.3 is 0 Å². The maximum Gasteiger partial charge on any atom is 0.191 e. The van der Waals surface area contributed by atoms with Crippen molar-refractivity contribution in [1.82, 2.24) is 15.5 Å². The van der Waals surface area contributed by atoms with Crippen LogP contribution >= 0.6 is 24.0 Å². The lowest BCUT2D eigenvalue weighted by molar-refractivity contribution is 0.0376. The Morgan fingerprint density at radius 2 is 2.00 bits per heavy atom. The normalized spacial score (nSPS) is 15.8. The minimum absolute atomic E-state index is 0. The molecule has 0 aromatic carbocycles. The van der Waals surface area contributed by atoms with Crippen molar-refractivity contribution in [2.75, 3.05) is 66.2 Å². The Bertz CT molecular complexity index is 546. The Morgan fingerprint density at radius 3 is 2.69 bits per heavy atom. The quantitative estimate of drug-likeness (QED) is 0.191. The Kier molecular flexibility index (Phi) is 13.6. The molecule has 8 heteroatoms. The SMILES string of the molecule is COCCC(C)(C)CN=C(NCCCN1CCOCC1)NCCc1ccco1.I. The Morgan fingerprint density at radius 1 is 1.24 bits per heavy atom. The minimum atomic E-state index is 0. The summed E-state index contributed by atoms with van der Waals surface area (Å²) in [4.78, 5) is 7.28. The van der Waals surface area contributed by atoms with Crippen LogP contribution in [0.5, 0.6) is 0 Å². The number of furan rings is 1. The number of methoxy groups -OCH3 is 1. The molecule has 0 atom stereocenters. The molecule has 1 aliphatic heterocycles. The van der Waals surface area contributed by atoms with E-state index in [0.29, 0.717) is 0 Å². The predicted molar refractivity (Wildman–Crippen MR) is 128 cm³/mol. The van der Waals surface area contributed by atoms with Gasteiger partial charge < -0.3 is 24.5 Å². The first kappa shape index (κ1) is 26.2. The number of ether oxygens (including phenoxy) is 2. The summed E-state index contributed by atoms with van der Waals surface area (Å²) in [5.74, 6) is 1.86. The predicted octanol–water partition coefficient (Wildman–Crippen LogP) is 2.76. The molecule has 2 rings (SSSR count). The number of nitrogens with zero attached hydrogens (tertiary/aromatic N) is 2. The lowest BCUT2D eigenvalue weighted by Crippen LogP contribution is -2.41. The molecular formula is C21H39IN4O3. The fourth-order valence-corrected chi connectivity index (χ4v) is 3.02. The number of aliphatic imine (C=N–C) groups is 1. The molecule has 1 fully saturated rings. The molecule has 29 heavy (non-hydrogen) atoms. The molecule has 0 saturated carbocycles. The molecular weight excluding hydrogens is 483 g/mol. The summed E-state index contributed by atoms with van der Waals surface area (Å²) in [5, 5.41) is 6.93. The number of guanidine groups is 1. The lowest BCUT2D eigenvalue weighted by Gasteiger charge is -2.26. The van der Waals surface area contributed by atoms with Gasteiger partial charge in [0, 0.05) is 52.9 Å². The molecule has 0 amide bonds. The summed E-state index contributed by atoms with van der Waals surface area (Å²) in [6, 6.07) is 3.93. The molecule has 1 aliphatic rings. The average Bonchev–Trinajstić information content (AvgIpc) is 3.21. The van der Waals surface area contributed by atoms with E-state index in [-0.39, 0.29) is 29.4 Å². The minimum Gasteiger partial charge on any atom is -0.469 e. The van der Waals surface area contributed by atoms with E-state index in [4.69, 9.17) is 18.9 Å². The summed E-state index contributed by atoms with van der Waals surface area (Å²) in [6.07, 6.45) is 4.64. The zero-order valence-electron chi connectivity index (χ0n) is 18.2. The molecule has 0 spiro atoms. The van der Waals surface area contributed by atoms with E-state index >= 15 is 0 Å². The molecule has 168 valence electrons. The van der Waals surface area contributed by atoms with Gasteiger partial charge in [0.05, 0.1) is 19.5 Å². The van der Waals surface area contributed by atoms with Crippen LogP contribution in [0.15, 0.2) is 27.8 Å². The summed E-state index contributed by atoms with van der Waals surface area (Å²) < 4.78 is 16.0. The first-order valence-electron chi connectivity index (χ1n) is 10.4. The maximum absolute atomic E-state index is 5.41. The first-order chi connectivity index (χ1) is 13.6. The zero-order chi connectivity index (χ0) is 20.1. The average molecular weight is 522 g/mol. The Labute approximate surface area is 193 Å². The fourth-order valence-electron chi connectivity index (χ4n) is 3.02. The highest BCUT2D eigenvalue weighted by molar-refractivity contribution is 14.0. The van der Waals surface area contributed by atoms with E-state index in [1.807, 2.05) is 12.1 Å². The maximum atomic E-state index is 5.41. The van der Waals surface area contributed by atoms with Gasteiger partial charge in [-0.15, -0.1) is 24.0 Å². The van der Waals surface area contributed by atoms with Crippen LogP contribution in [-0.2, 0) is 15.9 Å². The van der Waals surface area contributed by atoms with Gasteiger partial charge in [-0.25, -0.2) is 0 Å². The van der Waals surface area contributed by atoms with Gasteiger partial charge in [0.15, 0.2) is 5.96 Å². The summed E-state index contributed by atoms with van der Waals surface area (Å²) >= 11 is 0. The second-order valence-corrected chi connectivity index (χ2v) is 8.06. The number of rotatable bonds is 12. The van der Waals surface area contributed by atoms with Crippen LogP contribution in [0.3, 0.4) is 0 Å². The number of morpholine rings is 1. The van der Waals surface area contributed by atoms with Crippen molar-refractivity contribution in [3.8, 4) is 0 Å². The highest BCUT2D eigenvalue weighted by Crippen LogP contribution is 2.20. The summed E-state index contributed by atoms with van der Waals surface area (Å²) in [6.45, 7) is 12.6. The Balaban J connectivity index is 0.00000420. The smallest absolute Gasteiger partial charge is 0.191 e. The second-order valence-electron chi connectivity index (χ2n) is 8.06. The zero-order valence-corrected chi connectivity index (χ0v) is 20.6. The molecule has 1 saturated heterocycles. The van der Waals surface area contributed by atoms with Crippen molar-refractivity contribution >= 4 is 29.9 Å². The van der Waals surface area contributed by atoms with Crippen LogP contribution in [0.4, 0.5) is 0 Å². The molecule has 2 N–H and O–H groups in total. The van der Waals surface area contributed by atoms with E-state index in [2.05, 4.69) is 29.4 Å². The molecule has 0 unspecified atom stereocenters. The fraction of sp³-hybridized carbons (Fsp3) is 0.762. The van der Waals surface area contributed by atoms with E-state index < -0.39 is 0 Å². The highest BCUT2D eigenvalue weighted by Gasteiger charge is 2.17. The van der Waals surface area contributed by atoms with Crippen molar-refractivity contribution in [1.29, 1.82) is 0 Å². The Hall–Kier alpha value is -0.840. The van der Waals surface area contributed by atoms with Crippen molar-refractivity contribution in [3.63, 3.8) is 0 Å². The molecule has 0 aliphatic carbocycles. The van der Waals surface area contributed by atoms with Gasteiger partial charge in [0.2, 0.25) is 0 Å². The highest BCUT2D eigenvalue weighted by atomic mass is 127. The number of halogens is 1. The van der Waals surface area contributed by atoms with Gasteiger partial charge in [-0.3, -0.25) is 9.89 Å². The lowest BCUT2D eigenvalue weighted by atomic mass is 9.90. The van der Waals surface area contributed by atoms with Crippen LogP contribution in [0.1, 0.15) is 32.4 Å². The third kappa shape index (κ3) is 11.8. The third-order valence-corrected chi connectivity index (χ3v) is 4.94. The summed E-state index contributed by atoms with van der Waals surface area (Å²) in [7, 11) is 1.75. The van der Waals surface area contributed by atoms with Gasteiger partial charge in [-0.2, -0.15) is 0 Å². The molecule has 1 aromatic rings. The van der Waals surface area contributed by atoms with E-state index in [9.17, 15) is 0 Å². The van der Waals surface area contributed by atoms with Gasteiger partial charge in [-0.1, -0.05) is 13.8 Å². The topological polar surface area (TPSA) is 71.3 Å². The molecule has 1 aromatic heterocycles. The van der Waals surface area contributed by atoms with Crippen molar-refractivity contribution in [3.05, 3.63) is 24.2 Å². The molecule has 0 radical (unpaired) electrons. The van der Waals surface area contributed by atoms with Gasteiger partial charge in [0.25, 0.3) is 0 Å². The molecule has 0 bridgehead atoms. The van der Waals surface area contributed by atoms with Crippen LogP contribution in [0.2, 0.25) is 0 Å². The van der Waals surface area contributed by atoms with Gasteiger partial charge in [0.1, 0.15) is 5.76 Å². The third-order valence-electron chi connectivity index (χ3n) is 4.94. The standard InChI is InChI=1S/C21H38N4O3.HI/c1-21(2,8-15-26-3)18-24-20(23-10-7-19-6-4-14-28-19)22-9-5-11-25-12-16-27-17-13-25;/h4,6,14H,5,7-13,15-18H2,1-3H3,(H2,22,23,24);1H. The van der Waals surface area contributed by atoms with E-state index in [1.54, 1.807) is 13.4 Å². The second kappa shape index (κ2) is 15.0. The largest absolute Gasteiger partial charge is 0.469 e. The molecule has 2 heterocycles. The van der Waals surface area contributed by atoms with Crippen LogP contribution < -0.4 is 10.6 Å². The monoisotopic (exact) mass is 522 g/mol. The van der Waals surface area contributed by atoms with Crippen LogP contribution in [0, 0.1) is 5.41 Å². The van der Waals surface area contributed by atoms with Crippen LogP contribution in [-0.4, -0.2) is 77.1 Å². The summed E-state index contributed by atoms with van der Waals surface area (Å²) in [5.41, 5.74) is 0.111. The first-order valence-corrected chi connectivity index (χ1v) is 10.4. The van der Waals surface area contributed by atoms with Crippen LogP contribution in [0.25, 0.3) is 0 Å². The van der Waals surface area contributed by atoms with Crippen molar-refractivity contribution in [2.24, 2.45) is 10.4 Å². The van der Waals surface area contributed by atoms with Crippen molar-refractivity contribution < 1.29 is 13.9 Å². The number of nitrogens with one attached hydrogen (secondary N) is 2. The number of hydrogen-bond acceptors (Lipinski definition) is 5. The van der Waals surface area contributed by atoms with E-state index in [0.717, 1.165) is 90.1 Å². The van der Waals surface area contributed by atoms with E-state index in [1.165, 1.54) is 0 Å².